The fourth-order valence-corrected chi connectivity index (χ4v) is 2.30. The van der Waals surface area contributed by atoms with E-state index in [9.17, 15) is 13.6 Å². The number of nitriles is 1. The number of carbonyl (C=O) groups is 1. The third-order valence-corrected chi connectivity index (χ3v) is 3.42. The summed E-state index contributed by atoms with van der Waals surface area (Å²) in [4.78, 5) is 12.1. The van der Waals surface area contributed by atoms with Crippen LogP contribution in [0.3, 0.4) is 0 Å². The van der Waals surface area contributed by atoms with Gasteiger partial charge in [0, 0.05) is 3.57 Å². The molecule has 100 valence electrons. The molecule has 3 nitrogen and oxygen atoms in total. The number of benzene rings is 2. The van der Waals surface area contributed by atoms with E-state index in [0.717, 1.165) is 12.1 Å². The van der Waals surface area contributed by atoms with Gasteiger partial charge in [0.2, 0.25) is 0 Å². The molecule has 2 aromatic carbocycles. The average molecular weight is 384 g/mol. The molecular formula is C14H7F2IN2O. The van der Waals surface area contributed by atoms with Crippen molar-refractivity contribution in [3.63, 3.8) is 0 Å². The van der Waals surface area contributed by atoms with Gasteiger partial charge in [0.05, 0.1) is 16.8 Å². The first kappa shape index (κ1) is 14.4. The molecule has 1 N–H and O–H groups in total. The van der Waals surface area contributed by atoms with Gasteiger partial charge < -0.3 is 5.32 Å². The molecule has 0 spiro atoms. The van der Waals surface area contributed by atoms with Gasteiger partial charge in [-0.05, 0) is 59.0 Å². The maximum absolute atomic E-state index is 13.0. The van der Waals surface area contributed by atoms with Crippen LogP contribution >= 0.6 is 22.6 Å². The molecule has 0 saturated heterocycles. The van der Waals surface area contributed by atoms with Gasteiger partial charge >= 0.3 is 0 Å². The maximum atomic E-state index is 13.0. The lowest BCUT2D eigenvalue weighted by Gasteiger charge is -2.08. The SMILES string of the molecule is N#Cc1cc(F)ccc1NC(=O)c1ccc(F)cc1I. The number of nitrogens with one attached hydrogen (secondary N) is 1. The third-order valence-electron chi connectivity index (χ3n) is 2.53. The number of nitrogens with zero attached hydrogens (tertiary/aromatic N) is 1. The van der Waals surface area contributed by atoms with Gasteiger partial charge in [-0.3, -0.25) is 4.79 Å². The highest BCUT2D eigenvalue weighted by molar-refractivity contribution is 14.1. The molecule has 0 aromatic heterocycles. The number of amides is 1. The van der Waals surface area contributed by atoms with Crippen molar-refractivity contribution in [3.05, 3.63) is 62.7 Å². The van der Waals surface area contributed by atoms with Crippen LogP contribution in [0.5, 0.6) is 0 Å². The summed E-state index contributed by atoms with van der Waals surface area (Å²) < 4.78 is 26.4. The van der Waals surface area contributed by atoms with Crippen LogP contribution < -0.4 is 5.32 Å². The molecule has 0 aliphatic heterocycles. The van der Waals surface area contributed by atoms with E-state index in [0.29, 0.717) is 3.57 Å². The Morgan fingerprint density at radius 1 is 1.15 bits per heavy atom. The number of hydrogen-bond acceptors (Lipinski definition) is 2. The summed E-state index contributed by atoms with van der Waals surface area (Å²) in [6, 6.07) is 9.04. The Labute approximate surface area is 127 Å². The highest BCUT2D eigenvalue weighted by Gasteiger charge is 2.13. The lowest BCUT2D eigenvalue weighted by atomic mass is 10.1. The van der Waals surface area contributed by atoms with Gasteiger partial charge in [0.15, 0.2) is 0 Å². The zero-order valence-corrected chi connectivity index (χ0v) is 12.1. The zero-order chi connectivity index (χ0) is 14.7. The summed E-state index contributed by atoms with van der Waals surface area (Å²) in [5.74, 6) is -1.49. The Balaban J connectivity index is 2.31. The normalized spacial score (nSPS) is 9.90. The number of hydrogen-bond donors (Lipinski definition) is 1. The molecule has 0 radical (unpaired) electrons. The Morgan fingerprint density at radius 3 is 2.45 bits per heavy atom. The van der Waals surface area contributed by atoms with Gasteiger partial charge in [-0.1, -0.05) is 0 Å². The number of carbonyl (C=O) groups excluding carboxylic acids is 1. The summed E-state index contributed by atoms with van der Waals surface area (Å²) in [5, 5.41) is 11.4. The number of rotatable bonds is 2. The molecule has 0 heterocycles. The molecule has 1 amide bonds. The van der Waals surface area contributed by atoms with Crippen molar-refractivity contribution in [1.29, 1.82) is 5.26 Å². The van der Waals surface area contributed by atoms with Gasteiger partial charge in [0.25, 0.3) is 5.91 Å². The largest absolute Gasteiger partial charge is 0.321 e. The average Bonchev–Trinajstić information content (AvgIpc) is 2.40. The topological polar surface area (TPSA) is 52.9 Å². The summed E-state index contributed by atoms with van der Waals surface area (Å²) >= 11 is 1.84. The minimum Gasteiger partial charge on any atom is -0.321 e. The Hall–Kier alpha value is -2.01. The van der Waals surface area contributed by atoms with Crippen molar-refractivity contribution in [3.8, 4) is 6.07 Å². The third kappa shape index (κ3) is 3.11. The van der Waals surface area contributed by atoms with Crippen LogP contribution in [0.2, 0.25) is 0 Å². The van der Waals surface area contributed by atoms with Crippen LogP contribution in [0.25, 0.3) is 0 Å². The lowest BCUT2D eigenvalue weighted by molar-refractivity contribution is 0.102. The van der Waals surface area contributed by atoms with E-state index < -0.39 is 17.5 Å². The first-order chi connectivity index (χ1) is 9.51. The molecule has 0 saturated carbocycles. The smallest absolute Gasteiger partial charge is 0.256 e. The van der Waals surface area contributed by atoms with Crippen molar-refractivity contribution in [1.82, 2.24) is 0 Å². The van der Waals surface area contributed by atoms with Crippen LogP contribution in [-0.2, 0) is 0 Å². The van der Waals surface area contributed by atoms with Gasteiger partial charge in [-0.2, -0.15) is 5.26 Å². The Bertz CT molecular complexity index is 726. The molecule has 0 atom stereocenters. The second-order valence-electron chi connectivity index (χ2n) is 3.88. The molecular weight excluding hydrogens is 377 g/mol. The number of halogens is 3. The van der Waals surface area contributed by atoms with Gasteiger partial charge in [0.1, 0.15) is 17.7 Å². The van der Waals surface area contributed by atoms with Crippen LogP contribution in [0.4, 0.5) is 14.5 Å². The fourth-order valence-electron chi connectivity index (χ4n) is 1.58. The van der Waals surface area contributed by atoms with E-state index in [4.69, 9.17) is 5.26 Å². The van der Waals surface area contributed by atoms with Gasteiger partial charge in [-0.15, -0.1) is 0 Å². The molecule has 0 aliphatic rings. The minimum absolute atomic E-state index is 0.0236. The second-order valence-corrected chi connectivity index (χ2v) is 5.04. The van der Waals surface area contributed by atoms with Gasteiger partial charge in [-0.25, -0.2) is 8.78 Å². The lowest BCUT2D eigenvalue weighted by Crippen LogP contribution is -2.14. The van der Waals surface area contributed by atoms with Crippen LogP contribution in [0, 0.1) is 26.5 Å². The molecule has 0 unspecified atom stereocenters. The maximum Gasteiger partial charge on any atom is 0.256 e. The molecule has 20 heavy (non-hydrogen) atoms. The highest BCUT2D eigenvalue weighted by atomic mass is 127. The summed E-state index contributed by atoms with van der Waals surface area (Å²) in [6.45, 7) is 0. The van der Waals surface area contributed by atoms with Crippen molar-refractivity contribution in [2.45, 2.75) is 0 Å². The monoisotopic (exact) mass is 384 g/mol. The summed E-state index contributed by atoms with van der Waals surface area (Å²) in [5.41, 5.74) is 0.509. The van der Waals surface area contributed by atoms with E-state index in [-0.39, 0.29) is 16.8 Å². The molecule has 0 bridgehead atoms. The minimum atomic E-state index is -0.559. The van der Waals surface area contributed by atoms with E-state index in [1.54, 1.807) is 6.07 Å². The second kappa shape index (κ2) is 5.96. The number of anilines is 1. The van der Waals surface area contributed by atoms with Crippen molar-refractivity contribution >= 4 is 34.2 Å². The summed E-state index contributed by atoms with van der Waals surface area (Å²) in [7, 11) is 0. The van der Waals surface area contributed by atoms with Crippen LogP contribution in [-0.4, -0.2) is 5.91 Å². The van der Waals surface area contributed by atoms with Crippen LogP contribution in [0.15, 0.2) is 36.4 Å². The highest BCUT2D eigenvalue weighted by Crippen LogP contribution is 2.19. The standard InChI is InChI=1S/C14H7F2IN2O/c15-9-2-4-13(8(5-9)7-18)19-14(20)11-3-1-10(16)6-12(11)17/h1-6H,(H,19,20). The van der Waals surface area contributed by atoms with E-state index in [1.165, 1.54) is 24.3 Å². The van der Waals surface area contributed by atoms with Crippen LogP contribution in [0.1, 0.15) is 15.9 Å². The Kier molecular flexibility index (Phi) is 4.29. The first-order valence-corrected chi connectivity index (χ1v) is 6.55. The fraction of sp³-hybridized carbons (Fsp3) is 0. The zero-order valence-electron chi connectivity index (χ0n) is 9.95. The quantitative estimate of drug-likeness (QED) is 0.804. The van der Waals surface area contributed by atoms with Crippen molar-refractivity contribution in [2.75, 3.05) is 5.32 Å². The predicted octanol–water partition coefficient (Wildman–Crippen LogP) is 3.69. The molecule has 2 rings (SSSR count). The Morgan fingerprint density at radius 2 is 1.80 bits per heavy atom. The molecule has 6 heteroatoms. The summed E-state index contributed by atoms with van der Waals surface area (Å²) in [6.07, 6.45) is 0. The van der Waals surface area contributed by atoms with Crippen molar-refractivity contribution < 1.29 is 13.6 Å². The van der Waals surface area contributed by atoms with E-state index >= 15 is 0 Å². The molecule has 2 aromatic rings. The molecule has 0 aliphatic carbocycles. The van der Waals surface area contributed by atoms with E-state index in [2.05, 4.69) is 5.32 Å². The molecule has 0 fully saturated rings. The van der Waals surface area contributed by atoms with Crippen molar-refractivity contribution in [2.24, 2.45) is 0 Å². The predicted molar refractivity (Wildman–Crippen MR) is 78.2 cm³/mol. The van der Waals surface area contributed by atoms with E-state index in [1.807, 2.05) is 22.6 Å². The first-order valence-electron chi connectivity index (χ1n) is 5.47.